The Labute approximate surface area is 137 Å². The van der Waals surface area contributed by atoms with E-state index in [0.29, 0.717) is 0 Å². The van der Waals surface area contributed by atoms with E-state index >= 15 is 0 Å². The summed E-state index contributed by atoms with van der Waals surface area (Å²) < 4.78 is 168. The van der Waals surface area contributed by atoms with Crippen LogP contribution < -0.4 is 0 Å². The highest BCUT2D eigenvalue weighted by atomic mass is 31.2. The van der Waals surface area contributed by atoms with Crippen LogP contribution in [0.25, 0.3) is 0 Å². The van der Waals surface area contributed by atoms with Crippen molar-refractivity contribution in [1.29, 1.82) is 0 Å². The number of phosphoric acid groups is 1. The van der Waals surface area contributed by atoms with Gasteiger partial charge in [-0.2, -0.15) is 39.5 Å². The molecule has 0 aromatic heterocycles. The van der Waals surface area contributed by atoms with Gasteiger partial charge in [-0.25, -0.2) is 17.7 Å². The van der Waals surface area contributed by atoms with Gasteiger partial charge in [0.1, 0.15) is 0 Å². The quantitative estimate of drug-likeness (QED) is 0.380. The molecule has 0 amide bonds. The van der Waals surface area contributed by atoms with Gasteiger partial charge in [0, 0.05) is 0 Å². The average Bonchev–Trinajstić information content (AvgIpc) is 2.45. The zero-order chi connectivity index (χ0) is 21.0. The van der Waals surface area contributed by atoms with Crippen LogP contribution in [-0.2, 0) is 18.1 Å². The van der Waals surface area contributed by atoms with Crippen molar-refractivity contribution >= 4 is 7.82 Å². The van der Waals surface area contributed by atoms with Crippen molar-refractivity contribution in [3.8, 4) is 0 Å². The van der Waals surface area contributed by atoms with E-state index < -0.39 is 64.7 Å². The summed E-state index contributed by atoms with van der Waals surface area (Å²) in [6, 6.07) is 0. The molecule has 4 nitrogen and oxygen atoms in total. The van der Waals surface area contributed by atoms with Crippen LogP contribution in [0.2, 0.25) is 0 Å². The molecule has 0 fully saturated rings. The van der Waals surface area contributed by atoms with Gasteiger partial charge >= 0.3 is 26.4 Å². The molecule has 0 aliphatic carbocycles. The number of rotatable bonds is 9. The van der Waals surface area contributed by atoms with Gasteiger partial charge in [-0.3, -0.25) is 13.6 Å². The fraction of sp³-hybridized carbons (Fsp3) is 1.00. The van der Waals surface area contributed by atoms with Crippen molar-refractivity contribution in [2.45, 2.75) is 37.0 Å². The van der Waals surface area contributed by atoms with Gasteiger partial charge < -0.3 is 0 Å². The fourth-order valence-electron chi connectivity index (χ4n) is 0.865. The molecule has 0 aromatic carbocycles. The Morgan fingerprint density at radius 3 is 0.923 bits per heavy atom. The lowest BCUT2D eigenvalue weighted by atomic mass is 10.4. The maximum atomic E-state index is 12.6. The minimum Gasteiger partial charge on any atom is -0.283 e. The fourth-order valence-corrected chi connectivity index (χ4v) is 2.03. The lowest BCUT2D eigenvalue weighted by Gasteiger charge is -2.22. The number of hydrogen-bond acceptors (Lipinski definition) is 4. The van der Waals surface area contributed by atoms with Crippen LogP contribution >= 0.6 is 7.82 Å². The summed E-state index contributed by atoms with van der Waals surface area (Å²) in [5, 5.41) is 0. The van der Waals surface area contributed by atoms with Gasteiger partial charge in [-0.05, 0) is 0 Å². The van der Waals surface area contributed by atoms with Crippen LogP contribution in [0.15, 0.2) is 0 Å². The van der Waals surface area contributed by atoms with Crippen molar-refractivity contribution in [1.82, 2.24) is 0 Å². The van der Waals surface area contributed by atoms with Gasteiger partial charge in [0.15, 0.2) is 0 Å². The number of hydrogen-bond donors (Lipinski definition) is 0. The lowest BCUT2D eigenvalue weighted by molar-refractivity contribution is -0.195. The maximum absolute atomic E-state index is 12.6. The second-order valence-electron chi connectivity index (χ2n) is 4.36. The monoisotopic (exact) mass is 440 g/mol. The molecule has 0 radical (unpaired) electrons. The first-order valence-corrected chi connectivity index (χ1v) is 7.50. The molecular weight excluding hydrogens is 431 g/mol. The summed E-state index contributed by atoms with van der Waals surface area (Å²) in [6.45, 7) is -6.73. The van der Waals surface area contributed by atoms with Crippen LogP contribution in [0.3, 0.4) is 0 Å². The van der Waals surface area contributed by atoms with Gasteiger partial charge in [-0.15, -0.1) is 0 Å². The van der Waals surface area contributed by atoms with Gasteiger partial charge in [-0.1, -0.05) is 0 Å². The molecule has 0 spiro atoms. The van der Waals surface area contributed by atoms with Crippen molar-refractivity contribution in [2.24, 2.45) is 0 Å². The highest BCUT2D eigenvalue weighted by Crippen LogP contribution is 2.51. The lowest BCUT2D eigenvalue weighted by Crippen LogP contribution is -2.32. The Morgan fingerprint density at radius 1 is 0.577 bits per heavy atom. The Balaban J connectivity index is 5.04. The molecule has 0 aromatic rings. The zero-order valence-corrected chi connectivity index (χ0v) is 12.9. The number of halogens is 12. The largest absolute Gasteiger partial charge is 0.475 e. The van der Waals surface area contributed by atoms with E-state index in [1.807, 2.05) is 0 Å². The molecule has 26 heavy (non-hydrogen) atoms. The van der Waals surface area contributed by atoms with Crippen LogP contribution in [0.5, 0.6) is 0 Å². The molecule has 0 aliphatic rings. The van der Waals surface area contributed by atoms with Crippen molar-refractivity contribution in [3.05, 3.63) is 0 Å². The molecule has 0 aliphatic heterocycles. The van der Waals surface area contributed by atoms with Crippen molar-refractivity contribution in [3.63, 3.8) is 0 Å². The SMILES string of the molecule is O=P(OCC(F)C(F)(F)F)(OCC(F)C(F)(F)F)OCC(F)C(F)(F)F. The Bertz CT molecular complexity index is 408. The number of phosphoric ester groups is 1. The summed E-state index contributed by atoms with van der Waals surface area (Å²) in [5.74, 6) is 0. The van der Waals surface area contributed by atoms with Gasteiger partial charge in [0.2, 0.25) is 18.5 Å². The molecule has 0 N–H and O–H groups in total. The van der Waals surface area contributed by atoms with E-state index in [-0.39, 0.29) is 0 Å². The van der Waals surface area contributed by atoms with E-state index in [2.05, 4.69) is 13.6 Å². The predicted octanol–water partition coefficient (Wildman–Crippen LogP) is 4.85. The van der Waals surface area contributed by atoms with E-state index in [1.54, 1.807) is 0 Å². The third kappa shape index (κ3) is 9.28. The van der Waals surface area contributed by atoms with Crippen molar-refractivity contribution in [2.75, 3.05) is 19.8 Å². The molecule has 0 bridgehead atoms. The summed E-state index contributed by atoms with van der Waals surface area (Å²) in [6.07, 6.45) is -28.5. The van der Waals surface area contributed by atoms with E-state index in [0.717, 1.165) is 0 Å². The third-order valence-electron chi connectivity index (χ3n) is 2.20. The van der Waals surface area contributed by atoms with E-state index in [1.165, 1.54) is 0 Å². The normalized spacial score (nSPS) is 19.7. The molecule has 17 heteroatoms. The summed E-state index contributed by atoms with van der Waals surface area (Å²) in [4.78, 5) is 0. The van der Waals surface area contributed by atoms with Crippen LogP contribution in [0.4, 0.5) is 52.7 Å². The zero-order valence-electron chi connectivity index (χ0n) is 12.0. The van der Waals surface area contributed by atoms with Crippen molar-refractivity contribution < 1.29 is 70.8 Å². The molecule has 3 unspecified atom stereocenters. The first-order valence-electron chi connectivity index (χ1n) is 6.04. The topological polar surface area (TPSA) is 44.8 Å². The highest BCUT2D eigenvalue weighted by Gasteiger charge is 2.47. The second kappa shape index (κ2) is 8.97. The molecule has 0 rings (SSSR count). The molecule has 158 valence electrons. The van der Waals surface area contributed by atoms with Gasteiger partial charge in [0.25, 0.3) is 0 Å². The second-order valence-corrected chi connectivity index (χ2v) is 6.03. The van der Waals surface area contributed by atoms with E-state index in [9.17, 15) is 57.3 Å². The van der Waals surface area contributed by atoms with E-state index in [4.69, 9.17) is 0 Å². The Morgan fingerprint density at radius 2 is 0.769 bits per heavy atom. The molecule has 0 saturated carbocycles. The molecule has 0 saturated heterocycles. The Kier molecular flexibility index (Phi) is 8.72. The summed E-state index contributed by atoms with van der Waals surface area (Å²) in [7, 11) is -5.81. The predicted molar refractivity (Wildman–Crippen MR) is 58.3 cm³/mol. The maximum Gasteiger partial charge on any atom is 0.475 e. The van der Waals surface area contributed by atoms with Gasteiger partial charge in [0.05, 0.1) is 19.8 Å². The summed E-state index contributed by atoms with van der Waals surface area (Å²) in [5.41, 5.74) is 0. The first-order chi connectivity index (χ1) is 11.4. The minimum atomic E-state index is -5.81. The molecular formula is C9H9F12O4P. The van der Waals surface area contributed by atoms with Crippen LogP contribution in [-0.4, -0.2) is 56.9 Å². The summed E-state index contributed by atoms with van der Waals surface area (Å²) >= 11 is 0. The average molecular weight is 440 g/mol. The minimum absolute atomic E-state index is 2.24. The Hall–Kier alpha value is -0.730. The molecule has 0 heterocycles. The van der Waals surface area contributed by atoms with Crippen LogP contribution in [0, 0.1) is 0 Å². The van der Waals surface area contributed by atoms with Crippen LogP contribution in [0.1, 0.15) is 0 Å². The first kappa shape index (κ1) is 25.3. The number of alkyl halides is 12. The smallest absolute Gasteiger partial charge is 0.283 e. The standard InChI is InChI=1S/C9H9F12O4P/c10-4(7(13,14)15)1-23-26(22,24-2-5(11)8(16,17)18)25-3-6(12)9(19,20)21/h4-6H,1-3H2. The molecule has 3 atom stereocenters. The highest BCUT2D eigenvalue weighted by molar-refractivity contribution is 7.48. The third-order valence-corrected chi connectivity index (χ3v) is 3.60.